The van der Waals surface area contributed by atoms with Crippen LogP contribution in [0, 0.1) is 6.92 Å². The van der Waals surface area contributed by atoms with Crippen molar-refractivity contribution in [3.8, 4) is 0 Å². The van der Waals surface area contributed by atoms with E-state index < -0.39 is 0 Å². The van der Waals surface area contributed by atoms with Gasteiger partial charge >= 0.3 is 0 Å². The van der Waals surface area contributed by atoms with Crippen LogP contribution in [0.1, 0.15) is 29.9 Å². The lowest BCUT2D eigenvalue weighted by molar-refractivity contribution is -0.130. The predicted molar refractivity (Wildman–Crippen MR) is 68.8 cm³/mol. The van der Waals surface area contributed by atoms with Gasteiger partial charge in [-0.2, -0.15) is 0 Å². The molecule has 0 spiro atoms. The SMILES string of the molecule is Cc1ccccc1C1CCN(C(=O)CN)CC1. The Labute approximate surface area is 103 Å². The van der Waals surface area contributed by atoms with Crippen molar-refractivity contribution in [2.45, 2.75) is 25.7 Å². The summed E-state index contributed by atoms with van der Waals surface area (Å²) in [6, 6.07) is 8.54. The van der Waals surface area contributed by atoms with Gasteiger partial charge in [-0.15, -0.1) is 0 Å². The Balaban J connectivity index is 2.00. The molecule has 2 N–H and O–H groups in total. The number of piperidine rings is 1. The third-order valence-electron chi connectivity index (χ3n) is 3.65. The van der Waals surface area contributed by atoms with Crippen molar-refractivity contribution in [1.82, 2.24) is 4.90 Å². The zero-order valence-corrected chi connectivity index (χ0v) is 10.4. The third kappa shape index (κ3) is 2.67. The number of hydrogen-bond acceptors (Lipinski definition) is 2. The van der Waals surface area contributed by atoms with Gasteiger partial charge in [0.25, 0.3) is 0 Å². The van der Waals surface area contributed by atoms with E-state index in [4.69, 9.17) is 5.73 Å². The van der Waals surface area contributed by atoms with E-state index >= 15 is 0 Å². The first-order valence-electron chi connectivity index (χ1n) is 6.25. The maximum atomic E-state index is 11.5. The molecule has 1 fully saturated rings. The summed E-state index contributed by atoms with van der Waals surface area (Å²) in [6.07, 6.45) is 2.10. The zero-order chi connectivity index (χ0) is 12.3. The van der Waals surface area contributed by atoms with Gasteiger partial charge in [0.2, 0.25) is 5.91 Å². The Kier molecular flexibility index (Phi) is 3.79. The van der Waals surface area contributed by atoms with Crippen LogP contribution in [-0.4, -0.2) is 30.4 Å². The van der Waals surface area contributed by atoms with Gasteiger partial charge < -0.3 is 10.6 Å². The molecule has 3 heteroatoms. The molecule has 0 bridgehead atoms. The van der Waals surface area contributed by atoms with Crippen molar-refractivity contribution in [3.05, 3.63) is 35.4 Å². The van der Waals surface area contributed by atoms with Gasteiger partial charge in [-0.1, -0.05) is 24.3 Å². The van der Waals surface area contributed by atoms with Crippen LogP contribution in [0.4, 0.5) is 0 Å². The minimum Gasteiger partial charge on any atom is -0.342 e. The van der Waals surface area contributed by atoms with E-state index in [9.17, 15) is 4.79 Å². The molecule has 1 aromatic rings. The molecule has 0 radical (unpaired) electrons. The monoisotopic (exact) mass is 232 g/mol. The van der Waals surface area contributed by atoms with E-state index in [2.05, 4.69) is 31.2 Å². The molecule has 2 rings (SSSR count). The van der Waals surface area contributed by atoms with Gasteiger partial charge in [-0.05, 0) is 36.8 Å². The molecule has 1 heterocycles. The molecular weight excluding hydrogens is 212 g/mol. The summed E-state index contributed by atoms with van der Waals surface area (Å²) in [5.74, 6) is 0.672. The molecule has 3 nitrogen and oxygen atoms in total. The molecular formula is C14H20N2O. The lowest BCUT2D eigenvalue weighted by Crippen LogP contribution is -2.41. The van der Waals surface area contributed by atoms with Crippen LogP contribution >= 0.6 is 0 Å². The van der Waals surface area contributed by atoms with Crippen molar-refractivity contribution in [2.24, 2.45) is 5.73 Å². The largest absolute Gasteiger partial charge is 0.342 e. The standard InChI is InChI=1S/C14H20N2O/c1-11-4-2-3-5-13(11)12-6-8-16(9-7-12)14(17)10-15/h2-5,12H,6-10,15H2,1H3. The Hall–Kier alpha value is -1.35. The van der Waals surface area contributed by atoms with Crippen LogP contribution in [0.15, 0.2) is 24.3 Å². The second-order valence-electron chi connectivity index (χ2n) is 4.72. The lowest BCUT2D eigenvalue weighted by atomic mass is 9.87. The van der Waals surface area contributed by atoms with E-state index in [1.165, 1.54) is 11.1 Å². The minimum absolute atomic E-state index is 0.0771. The van der Waals surface area contributed by atoms with E-state index in [1.807, 2.05) is 4.90 Å². The lowest BCUT2D eigenvalue weighted by Gasteiger charge is -2.32. The van der Waals surface area contributed by atoms with E-state index in [0.717, 1.165) is 25.9 Å². The summed E-state index contributed by atoms with van der Waals surface area (Å²) in [7, 11) is 0. The van der Waals surface area contributed by atoms with Crippen molar-refractivity contribution in [1.29, 1.82) is 0 Å². The van der Waals surface area contributed by atoms with Crippen molar-refractivity contribution in [3.63, 3.8) is 0 Å². The quantitative estimate of drug-likeness (QED) is 0.843. The summed E-state index contributed by atoms with van der Waals surface area (Å²) in [6.45, 7) is 3.98. The molecule has 0 aliphatic carbocycles. The number of carbonyl (C=O) groups is 1. The van der Waals surface area contributed by atoms with Crippen LogP contribution in [0.3, 0.4) is 0 Å². The van der Waals surface area contributed by atoms with Gasteiger partial charge in [-0.3, -0.25) is 4.79 Å². The van der Waals surface area contributed by atoms with Crippen LogP contribution in [0.2, 0.25) is 0 Å². The van der Waals surface area contributed by atoms with E-state index in [-0.39, 0.29) is 12.5 Å². The van der Waals surface area contributed by atoms with Crippen LogP contribution < -0.4 is 5.73 Å². The van der Waals surface area contributed by atoms with Crippen LogP contribution in [0.5, 0.6) is 0 Å². The normalized spacial score (nSPS) is 17.2. The number of rotatable bonds is 2. The molecule has 1 aliphatic heterocycles. The number of nitrogens with two attached hydrogens (primary N) is 1. The third-order valence-corrected chi connectivity index (χ3v) is 3.65. The summed E-state index contributed by atoms with van der Waals surface area (Å²) in [5.41, 5.74) is 8.18. The molecule has 92 valence electrons. The number of hydrogen-bond donors (Lipinski definition) is 1. The molecule has 1 aliphatic rings. The highest BCUT2D eigenvalue weighted by Crippen LogP contribution is 2.29. The zero-order valence-electron chi connectivity index (χ0n) is 10.4. The first-order valence-corrected chi connectivity index (χ1v) is 6.25. The van der Waals surface area contributed by atoms with Crippen molar-refractivity contribution >= 4 is 5.91 Å². The Morgan fingerprint density at radius 3 is 2.59 bits per heavy atom. The van der Waals surface area contributed by atoms with Crippen molar-refractivity contribution in [2.75, 3.05) is 19.6 Å². The molecule has 1 aromatic carbocycles. The molecule has 0 aromatic heterocycles. The Morgan fingerprint density at radius 1 is 1.35 bits per heavy atom. The smallest absolute Gasteiger partial charge is 0.236 e. The molecule has 17 heavy (non-hydrogen) atoms. The number of nitrogens with zero attached hydrogens (tertiary/aromatic N) is 1. The van der Waals surface area contributed by atoms with Gasteiger partial charge in [0.05, 0.1) is 6.54 Å². The van der Waals surface area contributed by atoms with E-state index in [1.54, 1.807) is 0 Å². The fourth-order valence-corrected chi connectivity index (χ4v) is 2.61. The molecule has 0 saturated carbocycles. The van der Waals surface area contributed by atoms with Gasteiger partial charge in [0.1, 0.15) is 0 Å². The average Bonchev–Trinajstić information content (AvgIpc) is 2.39. The maximum absolute atomic E-state index is 11.5. The second kappa shape index (κ2) is 5.32. The first-order chi connectivity index (χ1) is 8.22. The van der Waals surface area contributed by atoms with Gasteiger partial charge in [-0.25, -0.2) is 0 Å². The van der Waals surface area contributed by atoms with Gasteiger partial charge in [0.15, 0.2) is 0 Å². The Bertz CT molecular complexity index is 395. The van der Waals surface area contributed by atoms with Crippen LogP contribution in [0.25, 0.3) is 0 Å². The molecule has 0 unspecified atom stereocenters. The van der Waals surface area contributed by atoms with Crippen LogP contribution in [-0.2, 0) is 4.79 Å². The fraction of sp³-hybridized carbons (Fsp3) is 0.500. The predicted octanol–water partition coefficient (Wildman–Crippen LogP) is 1.66. The average molecular weight is 232 g/mol. The number of carbonyl (C=O) groups excluding carboxylic acids is 1. The van der Waals surface area contributed by atoms with E-state index in [0.29, 0.717) is 5.92 Å². The maximum Gasteiger partial charge on any atom is 0.236 e. The number of amides is 1. The Morgan fingerprint density at radius 2 is 2.00 bits per heavy atom. The number of benzene rings is 1. The van der Waals surface area contributed by atoms with Gasteiger partial charge in [0, 0.05) is 13.1 Å². The highest BCUT2D eigenvalue weighted by Gasteiger charge is 2.23. The highest BCUT2D eigenvalue weighted by molar-refractivity contribution is 5.78. The second-order valence-corrected chi connectivity index (χ2v) is 4.72. The van der Waals surface area contributed by atoms with Crippen molar-refractivity contribution < 1.29 is 4.79 Å². The highest BCUT2D eigenvalue weighted by atomic mass is 16.2. The minimum atomic E-state index is 0.0771. The number of aryl methyl sites for hydroxylation is 1. The summed E-state index contributed by atoms with van der Waals surface area (Å²) >= 11 is 0. The first kappa shape index (κ1) is 12.1. The summed E-state index contributed by atoms with van der Waals surface area (Å²) in [4.78, 5) is 13.4. The molecule has 1 amide bonds. The summed E-state index contributed by atoms with van der Waals surface area (Å²) < 4.78 is 0. The molecule has 0 atom stereocenters. The fourth-order valence-electron chi connectivity index (χ4n) is 2.61. The topological polar surface area (TPSA) is 46.3 Å². The summed E-state index contributed by atoms with van der Waals surface area (Å²) in [5, 5.41) is 0. The molecule has 1 saturated heterocycles. The number of likely N-dealkylation sites (tertiary alicyclic amines) is 1.